The van der Waals surface area contributed by atoms with Gasteiger partial charge < -0.3 is 51.4 Å². The molecular formula is C63H92F3N15O3. The van der Waals surface area contributed by atoms with E-state index in [0.29, 0.717) is 115 Å². The number of allylic oxidation sites excluding steroid dienone is 3. The van der Waals surface area contributed by atoms with E-state index in [4.69, 9.17) is 14.2 Å². The van der Waals surface area contributed by atoms with Crippen molar-refractivity contribution in [2.45, 2.75) is 204 Å². The fraction of sp³-hybridized carbons (Fsp3) is 0.619. The highest BCUT2D eigenvalue weighted by atomic mass is 19.1. The third-order valence-electron chi connectivity index (χ3n) is 18.4. The zero-order chi connectivity index (χ0) is 58.2. The van der Waals surface area contributed by atoms with Gasteiger partial charge >= 0.3 is 0 Å². The van der Waals surface area contributed by atoms with Crippen molar-refractivity contribution in [2.75, 3.05) is 62.3 Å². The number of rotatable bonds is 16. The maximum Gasteiger partial charge on any atom is 0.157 e. The minimum absolute atomic E-state index is 0.0846. The summed E-state index contributed by atoms with van der Waals surface area (Å²) in [5.41, 5.74) is 8.81. The molecule has 0 aromatic heterocycles. The van der Waals surface area contributed by atoms with Crippen molar-refractivity contribution >= 4 is 33.8 Å². The lowest BCUT2D eigenvalue weighted by molar-refractivity contribution is 0.188. The summed E-state index contributed by atoms with van der Waals surface area (Å²) in [5, 5.41) is 53.5. The SMILES string of the molecule is CNC1CC(C)NC(Nc2cc3c(c(C4=C[C@@H](C)NCCC4)c2F)OC(CNC2CC(C)NC(Nc4cc5c(c(C6=CCN[C@H](C)CC6)c4F)OC(CNC4CC(C)NC(Nc6cc7c(c(C8=CCN[C@@H](C)CC8)c6F)OCC7)N4)C5)N2)C3)N1. The fourth-order valence-electron chi connectivity index (χ4n) is 14.0. The molecule has 0 radical (unpaired) electrons. The molecule has 9 aliphatic heterocycles. The normalized spacial score (nSPS) is 32.4. The smallest absolute Gasteiger partial charge is 0.157 e. The van der Waals surface area contributed by atoms with Crippen LogP contribution >= 0.6 is 0 Å². The van der Waals surface area contributed by atoms with Crippen LogP contribution in [0.3, 0.4) is 0 Å². The van der Waals surface area contributed by atoms with Gasteiger partial charge in [-0.3, -0.25) is 42.5 Å². The molecule has 9 aliphatic rings. The predicted octanol–water partition coefficient (Wildman–Crippen LogP) is 5.89. The molecule has 15 N–H and O–H groups in total. The van der Waals surface area contributed by atoms with Crippen LogP contribution in [-0.4, -0.2) is 132 Å². The molecule has 458 valence electrons. The van der Waals surface area contributed by atoms with E-state index in [1.807, 2.05) is 25.2 Å². The Morgan fingerprint density at radius 1 is 0.512 bits per heavy atom. The summed E-state index contributed by atoms with van der Waals surface area (Å²) >= 11 is 0. The van der Waals surface area contributed by atoms with Crippen LogP contribution in [0.5, 0.6) is 17.2 Å². The number of ether oxygens (including phenoxy) is 3. The van der Waals surface area contributed by atoms with E-state index in [0.717, 1.165) is 97.7 Å². The highest BCUT2D eigenvalue weighted by Gasteiger charge is 2.38. The molecule has 9 heterocycles. The summed E-state index contributed by atoms with van der Waals surface area (Å²) in [6.07, 6.45) is 13.9. The molecule has 12 rings (SSSR count). The first-order valence-corrected chi connectivity index (χ1v) is 31.5. The zero-order valence-electron chi connectivity index (χ0n) is 50.1. The van der Waals surface area contributed by atoms with E-state index in [1.54, 1.807) is 0 Å². The summed E-state index contributed by atoms with van der Waals surface area (Å²) in [4.78, 5) is 0. The standard InChI is InChI=1S/C63H92F3N15O3/c1-32-10-12-38(14-18-69-32)52-55(64)46(27-41-16-20-82-58(41)52)76-62-74-36(5)23-50(80-62)71-30-44-25-42-28-47(56(65)53(59(42)83-44)39-13-11-33(2)70-19-15-39)78-63-75-37(6)24-51(81-63)72-31-45-26-43-29-48(77-61-73-35(4)22-49(67-7)79-61)57(66)54(60(43)84-45)40-9-8-17-68-34(3)21-40/h14-15,21,27-29,32-37,44-45,49-51,61-63,67-81H,8-13,16-20,22-26,30-31H2,1-7H3/t32-,33+,34+,35?,36?,37?,44?,45?,49?,50?,51?,61?,62?,63?/m0/s1. The van der Waals surface area contributed by atoms with Gasteiger partial charge in [-0.15, -0.1) is 0 Å². The Morgan fingerprint density at radius 3 is 1.49 bits per heavy atom. The molecule has 0 amide bonds. The zero-order valence-corrected chi connectivity index (χ0v) is 50.1. The molecular weight excluding hydrogens is 1070 g/mol. The molecule has 0 aliphatic carbocycles. The van der Waals surface area contributed by atoms with Gasteiger partial charge in [-0.25, -0.2) is 13.2 Å². The van der Waals surface area contributed by atoms with Gasteiger partial charge in [-0.05, 0) is 148 Å². The summed E-state index contributed by atoms with van der Waals surface area (Å²) < 4.78 is 71.0. The van der Waals surface area contributed by atoms with Crippen LogP contribution in [-0.2, 0) is 19.3 Å². The van der Waals surface area contributed by atoms with E-state index < -0.39 is 12.6 Å². The van der Waals surface area contributed by atoms with Gasteiger partial charge in [0, 0.05) is 98.4 Å². The van der Waals surface area contributed by atoms with Crippen LogP contribution in [0.1, 0.15) is 133 Å². The fourth-order valence-corrected chi connectivity index (χ4v) is 14.0. The summed E-state index contributed by atoms with van der Waals surface area (Å²) in [6.45, 7) is 16.7. The Morgan fingerprint density at radius 2 is 0.976 bits per heavy atom. The largest absolute Gasteiger partial charge is 0.492 e. The number of hydrogen-bond donors (Lipinski definition) is 15. The molecule has 14 atom stereocenters. The Balaban J connectivity index is 0.712. The van der Waals surface area contributed by atoms with Crippen LogP contribution < -0.4 is 94.0 Å². The molecule has 0 spiro atoms. The van der Waals surface area contributed by atoms with Crippen molar-refractivity contribution in [2.24, 2.45) is 0 Å². The van der Waals surface area contributed by atoms with E-state index in [-0.39, 0.29) is 78.6 Å². The maximum absolute atomic E-state index is 17.5. The van der Waals surface area contributed by atoms with Crippen LogP contribution in [0.4, 0.5) is 30.2 Å². The Bertz CT molecular complexity index is 2960. The maximum atomic E-state index is 17.5. The third-order valence-corrected chi connectivity index (χ3v) is 18.4. The topological polar surface area (TPSA) is 208 Å². The number of nitrogens with one attached hydrogen (secondary N) is 15. The number of fused-ring (bicyclic) bond motifs is 3. The monoisotopic (exact) mass is 1160 g/mol. The molecule has 84 heavy (non-hydrogen) atoms. The highest BCUT2D eigenvalue weighted by molar-refractivity contribution is 5.80. The number of benzene rings is 3. The average Bonchev–Trinajstić information content (AvgIpc) is 2.26. The first-order chi connectivity index (χ1) is 40.7. The van der Waals surface area contributed by atoms with Crippen LogP contribution in [0.25, 0.3) is 16.7 Å². The van der Waals surface area contributed by atoms with Crippen molar-refractivity contribution in [3.63, 3.8) is 0 Å². The van der Waals surface area contributed by atoms with Crippen molar-refractivity contribution in [3.05, 3.63) is 87.3 Å². The van der Waals surface area contributed by atoms with Crippen molar-refractivity contribution in [1.82, 2.24) is 63.8 Å². The second-order valence-electron chi connectivity index (χ2n) is 25.4. The molecule has 21 heteroatoms. The predicted molar refractivity (Wildman–Crippen MR) is 328 cm³/mol. The first kappa shape index (κ1) is 59.3. The number of anilines is 3. The Kier molecular flexibility index (Phi) is 18.5. The van der Waals surface area contributed by atoms with Gasteiger partial charge in [-0.2, -0.15) is 0 Å². The Hall–Kier alpha value is -5.01. The van der Waals surface area contributed by atoms with Gasteiger partial charge in [0.2, 0.25) is 0 Å². The Labute approximate surface area is 494 Å². The minimum Gasteiger partial charge on any atom is -0.492 e. The second-order valence-corrected chi connectivity index (χ2v) is 25.4. The molecule has 3 saturated heterocycles. The van der Waals surface area contributed by atoms with Crippen molar-refractivity contribution in [1.29, 1.82) is 0 Å². The molecule has 3 aromatic carbocycles. The first-order valence-electron chi connectivity index (χ1n) is 31.5. The van der Waals surface area contributed by atoms with Crippen LogP contribution in [0, 0.1) is 17.5 Å². The lowest BCUT2D eigenvalue weighted by atomic mass is 9.94. The molecule has 11 unspecified atom stereocenters. The van der Waals surface area contributed by atoms with E-state index in [9.17, 15) is 0 Å². The van der Waals surface area contributed by atoms with Gasteiger partial charge in [0.25, 0.3) is 0 Å². The lowest BCUT2D eigenvalue weighted by Gasteiger charge is -2.38. The lowest BCUT2D eigenvalue weighted by Crippen LogP contribution is -2.65. The summed E-state index contributed by atoms with van der Waals surface area (Å²) in [7, 11) is 1.93. The molecule has 18 nitrogen and oxygen atoms in total. The van der Waals surface area contributed by atoms with Crippen LogP contribution in [0.2, 0.25) is 0 Å². The van der Waals surface area contributed by atoms with Gasteiger partial charge in [0.15, 0.2) is 17.5 Å². The summed E-state index contributed by atoms with van der Waals surface area (Å²) in [5.74, 6) is 0.999. The van der Waals surface area contributed by atoms with Gasteiger partial charge in [-0.1, -0.05) is 18.2 Å². The van der Waals surface area contributed by atoms with E-state index in [2.05, 4.69) is 140 Å². The number of halogens is 3. The average molecular weight is 1160 g/mol. The minimum atomic E-state index is -0.466. The van der Waals surface area contributed by atoms with Crippen molar-refractivity contribution in [3.8, 4) is 17.2 Å². The quantitative estimate of drug-likeness (QED) is 0.0807. The van der Waals surface area contributed by atoms with Crippen LogP contribution in [0.15, 0.2) is 36.4 Å². The van der Waals surface area contributed by atoms with E-state index >= 15 is 13.2 Å². The highest BCUT2D eigenvalue weighted by Crippen LogP contribution is 2.46. The molecule has 0 saturated carbocycles. The number of hydrogen-bond acceptors (Lipinski definition) is 18. The molecule has 3 fully saturated rings. The second kappa shape index (κ2) is 26.1. The molecule has 0 bridgehead atoms. The summed E-state index contributed by atoms with van der Waals surface area (Å²) in [6, 6.07) is 6.95. The van der Waals surface area contributed by atoms with Crippen molar-refractivity contribution < 1.29 is 27.4 Å². The third kappa shape index (κ3) is 13.4. The van der Waals surface area contributed by atoms with Gasteiger partial charge in [0.05, 0.1) is 58.9 Å². The molecule has 3 aromatic rings. The van der Waals surface area contributed by atoms with Gasteiger partial charge in [0.1, 0.15) is 48.3 Å². The van der Waals surface area contributed by atoms with E-state index in [1.165, 1.54) is 0 Å².